The van der Waals surface area contributed by atoms with E-state index in [1.54, 1.807) is 0 Å². The molecule has 1 rings (SSSR count). The van der Waals surface area contributed by atoms with E-state index < -0.39 is 32.0 Å². The van der Waals surface area contributed by atoms with E-state index in [4.69, 9.17) is 9.76 Å². The molecule has 0 aliphatic heterocycles. The van der Waals surface area contributed by atoms with E-state index in [1.165, 1.54) is 0 Å². The van der Waals surface area contributed by atoms with Crippen molar-refractivity contribution in [3.8, 4) is 0 Å². The predicted molar refractivity (Wildman–Crippen MR) is 58.9 cm³/mol. The topological polar surface area (TPSA) is 130 Å². The Bertz CT molecular complexity index is 595. The van der Waals surface area contributed by atoms with Crippen LogP contribution < -0.4 is 4.89 Å². The van der Waals surface area contributed by atoms with Crippen molar-refractivity contribution in [3.05, 3.63) is 23.8 Å². The summed E-state index contributed by atoms with van der Waals surface area (Å²) in [6.07, 6.45) is 0. The molecule has 8 nitrogen and oxygen atoms in total. The average molecular weight is 295 g/mol. The summed E-state index contributed by atoms with van der Waals surface area (Å²) in [5.41, 5.74) is -0.230. The van der Waals surface area contributed by atoms with Crippen LogP contribution in [0.1, 0.15) is 10.4 Å². The van der Waals surface area contributed by atoms with Gasteiger partial charge in [-0.1, -0.05) is 4.89 Å². The first-order chi connectivity index (χ1) is 8.31. The monoisotopic (exact) mass is 295 g/mol. The minimum atomic E-state index is -4.27. The number of sulfonamides is 1. The molecule has 1 atom stereocenters. The summed E-state index contributed by atoms with van der Waals surface area (Å²) in [5.74, 6) is -0.878. The van der Waals surface area contributed by atoms with Crippen molar-refractivity contribution >= 4 is 27.1 Å². The Morgan fingerprint density at radius 1 is 1.39 bits per heavy atom. The van der Waals surface area contributed by atoms with Crippen molar-refractivity contribution in [1.29, 1.82) is 0 Å². The summed E-state index contributed by atoms with van der Waals surface area (Å²) in [4.78, 5) is 11.5. The van der Waals surface area contributed by atoms with Crippen LogP contribution in [0.2, 0.25) is 0 Å². The molecule has 10 heteroatoms. The Hall–Kier alpha value is -1.33. The van der Waals surface area contributed by atoms with Gasteiger partial charge in [0.25, 0.3) is 10.0 Å². The van der Waals surface area contributed by atoms with Gasteiger partial charge in [-0.2, -0.15) is 0 Å². The van der Waals surface area contributed by atoms with Gasteiger partial charge in [0.1, 0.15) is 0 Å². The van der Waals surface area contributed by atoms with Crippen molar-refractivity contribution in [3.63, 3.8) is 0 Å². The summed E-state index contributed by atoms with van der Waals surface area (Å²) < 4.78 is 46.9. The van der Waals surface area contributed by atoms with Gasteiger partial charge < -0.3 is 14.5 Å². The molecule has 18 heavy (non-hydrogen) atoms. The van der Waals surface area contributed by atoms with Crippen LogP contribution >= 0.6 is 0 Å². The van der Waals surface area contributed by atoms with Gasteiger partial charge in [0.15, 0.2) is 11.1 Å². The Balaban J connectivity index is 3.50. The Morgan fingerprint density at radius 2 is 2.00 bits per heavy atom. The van der Waals surface area contributed by atoms with Gasteiger partial charge in [-0.3, -0.25) is 0 Å². The quantitative estimate of drug-likeness (QED) is 0.395. The van der Waals surface area contributed by atoms with Crippen molar-refractivity contribution < 1.29 is 31.9 Å². The molecule has 0 aliphatic rings. The lowest BCUT2D eigenvalue weighted by atomic mass is 10.2. The normalized spacial score (nSPS) is 13.1. The van der Waals surface area contributed by atoms with Gasteiger partial charge in [-0.15, -0.1) is 0 Å². The highest BCUT2D eigenvalue weighted by Gasteiger charge is 2.19. The third-order valence-electron chi connectivity index (χ3n) is 1.93. The van der Waals surface area contributed by atoms with E-state index in [2.05, 4.69) is 4.74 Å². The van der Waals surface area contributed by atoms with E-state index >= 15 is 0 Å². The van der Waals surface area contributed by atoms with E-state index in [1.807, 2.05) is 0 Å². The summed E-state index contributed by atoms with van der Waals surface area (Å²) in [5, 5.41) is 8.47. The molecule has 100 valence electrons. The SMILES string of the molecule is COC(=O)c1cc(S(=O)O)cc(S(=O)(=O)NO)c1. The van der Waals surface area contributed by atoms with Gasteiger partial charge in [0.05, 0.1) is 22.5 Å². The van der Waals surface area contributed by atoms with E-state index in [-0.39, 0.29) is 10.5 Å². The molecular weight excluding hydrogens is 286 g/mol. The van der Waals surface area contributed by atoms with E-state index in [0.29, 0.717) is 0 Å². The highest BCUT2D eigenvalue weighted by Crippen LogP contribution is 2.18. The Labute approximate surface area is 105 Å². The second kappa shape index (κ2) is 5.54. The molecular formula is C8H9NO7S2. The third-order valence-corrected chi connectivity index (χ3v) is 3.67. The molecule has 1 aromatic rings. The molecule has 0 radical (unpaired) electrons. The number of hydrogen-bond acceptors (Lipinski definition) is 6. The number of hydrogen-bond donors (Lipinski definition) is 3. The molecule has 0 saturated heterocycles. The van der Waals surface area contributed by atoms with Gasteiger partial charge >= 0.3 is 5.97 Å². The Kier molecular flexibility index (Phi) is 4.53. The lowest BCUT2D eigenvalue weighted by Crippen LogP contribution is -2.20. The van der Waals surface area contributed by atoms with E-state index in [9.17, 15) is 17.4 Å². The number of methoxy groups -OCH3 is 1. The molecule has 0 aliphatic carbocycles. The first kappa shape index (κ1) is 14.7. The smallest absolute Gasteiger partial charge is 0.337 e. The molecule has 0 amide bonds. The lowest BCUT2D eigenvalue weighted by Gasteiger charge is -2.06. The second-order valence-electron chi connectivity index (χ2n) is 3.03. The van der Waals surface area contributed by atoms with E-state index in [0.717, 1.165) is 30.2 Å². The van der Waals surface area contributed by atoms with Crippen LogP contribution in [0.15, 0.2) is 28.0 Å². The van der Waals surface area contributed by atoms with Crippen molar-refractivity contribution in [2.24, 2.45) is 0 Å². The largest absolute Gasteiger partial charge is 0.465 e. The fourth-order valence-corrected chi connectivity index (χ4v) is 2.32. The fourth-order valence-electron chi connectivity index (χ4n) is 1.12. The Morgan fingerprint density at radius 3 is 2.44 bits per heavy atom. The predicted octanol–water partition coefficient (Wildman–Crippen LogP) is -0.279. The minimum Gasteiger partial charge on any atom is -0.465 e. The minimum absolute atomic E-state index is 0.230. The third kappa shape index (κ3) is 3.11. The molecule has 0 spiro atoms. The van der Waals surface area contributed by atoms with Gasteiger partial charge in [0, 0.05) is 0 Å². The first-order valence-corrected chi connectivity index (χ1v) is 6.91. The van der Waals surface area contributed by atoms with Crippen LogP contribution in [-0.2, 0) is 25.8 Å². The standard InChI is InChI=1S/C8H9NO7S2/c1-16-8(10)5-2-6(17(12)13)4-7(3-5)18(14,15)9-11/h2-4,9,11H,1H3,(H,12,13). The summed E-state index contributed by atoms with van der Waals surface area (Å²) in [7, 11) is -3.19. The maximum atomic E-state index is 11.3. The van der Waals surface area contributed by atoms with Crippen molar-refractivity contribution in [2.75, 3.05) is 7.11 Å². The summed E-state index contributed by atoms with van der Waals surface area (Å²) in [6.45, 7) is 0. The number of benzene rings is 1. The van der Waals surface area contributed by atoms with Crippen LogP contribution in [0.5, 0.6) is 0 Å². The number of esters is 1. The van der Waals surface area contributed by atoms with Crippen LogP contribution in [0.3, 0.4) is 0 Å². The summed E-state index contributed by atoms with van der Waals surface area (Å²) in [6, 6.07) is 2.76. The molecule has 0 aromatic heterocycles. The van der Waals surface area contributed by atoms with Gasteiger partial charge in [0.2, 0.25) is 0 Å². The molecule has 3 N–H and O–H groups in total. The van der Waals surface area contributed by atoms with Crippen LogP contribution in [0, 0.1) is 0 Å². The zero-order valence-electron chi connectivity index (χ0n) is 8.98. The number of carbonyl (C=O) groups excluding carboxylic acids is 1. The van der Waals surface area contributed by atoms with Crippen LogP contribution in [0.4, 0.5) is 0 Å². The van der Waals surface area contributed by atoms with Crippen LogP contribution in [-0.4, -0.2) is 35.5 Å². The van der Waals surface area contributed by atoms with Crippen molar-refractivity contribution in [2.45, 2.75) is 9.79 Å². The highest BCUT2D eigenvalue weighted by atomic mass is 32.2. The molecule has 0 fully saturated rings. The lowest BCUT2D eigenvalue weighted by molar-refractivity contribution is 0.0600. The van der Waals surface area contributed by atoms with Crippen molar-refractivity contribution in [1.82, 2.24) is 4.89 Å². The zero-order chi connectivity index (χ0) is 13.9. The number of carbonyl (C=O) groups is 1. The number of ether oxygens (including phenoxy) is 1. The second-order valence-corrected chi connectivity index (χ2v) is 5.66. The molecule has 0 bridgehead atoms. The zero-order valence-corrected chi connectivity index (χ0v) is 10.6. The molecule has 1 aromatic carbocycles. The van der Waals surface area contributed by atoms with Crippen LogP contribution in [0.25, 0.3) is 0 Å². The molecule has 0 heterocycles. The molecule has 1 unspecified atom stereocenters. The maximum absolute atomic E-state index is 11.3. The number of rotatable bonds is 4. The number of nitrogens with one attached hydrogen (secondary N) is 1. The summed E-state index contributed by atoms with van der Waals surface area (Å²) >= 11 is -2.49. The average Bonchev–Trinajstić information content (AvgIpc) is 2.37. The van der Waals surface area contributed by atoms with Gasteiger partial charge in [-0.05, 0) is 18.2 Å². The molecule has 0 saturated carbocycles. The highest BCUT2D eigenvalue weighted by molar-refractivity contribution is 7.89. The maximum Gasteiger partial charge on any atom is 0.337 e. The fraction of sp³-hybridized carbons (Fsp3) is 0.125. The first-order valence-electron chi connectivity index (χ1n) is 4.32. The van der Waals surface area contributed by atoms with Gasteiger partial charge in [-0.25, -0.2) is 17.4 Å².